The molecule has 0 saturated carbocycles. The van der Waals surface area contributed by atoms with Crippen LogP contribution in [0.2, 0.25) is 0 Å². The Morgan fingerprint density at radius 3 is 1.60 bits per heavy atom. The Morgan fingerprint density at radius 1 is 0.667 bits per heavy atom. The van der Waals surface area contributed by atoms with Crippen LogP contribution in [0.4, 0.5) is 0 Å². The van der Waals surface area contributed by atoms with Crippen LogP contribution >= 0.6 is 0 Å². The molecule has 0 aromatic carbocycles. The molecule has 0 N–H and O–H groups in total. The van der Waals surface area contributed by atoms with Gasteiger partial charge in [0.2, 0.25) is 11.6 Å². The second-order valence-electron chi connectivity index (χ2n) is 7.31. The van der Waals surface area contributed by atoms with Crippen LogP contribution in [0.3, 0.4) is 0 Å². The van der Waals surface area contributed by atoms with E-state index in [-0.39, 0.29) is 28.6 Å². The average molecular weight is 443 g/mol. The maximum absolute atomic E-state index is 12.4. The van der Waals surface area contributed by atoms with Gasteiger partial charge in [-0.05, 0) is 24.3 Å². The van der Waals surface area contributed by atoms with Crippen molar-refractivity contribution in [2.24, 2.45) is 0 Å². The molecule has 7 nitrogen and oxygen atoms in total. The first kappa shape index (κ1) is 20.3. The molecule has 3 aliphatic heterocycles. The number of hydrogen-bond acceptors (Lipinski definition) is 7. The number of aromatic nitrogens is 2. The van der Waals surface area contributed by atoms with Crippen LogP contribution in [-0.2, 0) is 26.7 Å². The van der Waals surface area contributed by atoms with Gasteiger partial charge in [0.1, 0.15) is 11.4 Å². The zero-order valence-electron chi connectivity index (χ0n) is 16.3. The second-order valence-corrected chi connectivity index (χ2v) is 7.31. The van der Waals surface area contributed by atoms with Crippen LogP contribution in [0.1, 0.15) is 0 Å². The number of nitrogens with zero attached hydrogens (tertiary/aromatic N) is 5. The molecule has 5 heterocycles. The summed E-state index contributed by atoms with van der Waals surface area (Å²) in [4.78, 5) is 38.8. The number of carbonyl (C=O) groups is 2. The van der Waals surface area contributed by atoms with Crippen molar-refractivity contribution in [1.29, 1.82) is 0 Å². The van der Waals surface area contributed by atoms with E-state index in [4.69, 9.17) is 0 Å². The monoisotopic (exact) mass is 443 g/mol. The summed E-state index contributed by atoms with van der Waals surface area (Å²) in [5.74, 6) is 0.0485. The van der Waals surface area contributed by atoms with E-state index < -0.39 is 0 Å². The number of carbonyl (C=O) groups excluding carboxylic acids is 2. The van der Waals surface area contributed by atoms with E-state index in [1.54, 1.807) is 12.4 Å². The SMILES string of the molecule is O=C1C=C(N2CC2)C(=O)C(N2CC2)=C1N1CC1.[Fe].c1ccc(-c2ccccn2)nc1. The smallest absolute Gasteiger partial charge is 0.227 e. The van der Waals surface area contributed by atoms with Crippen LogP contribution in [0.25, 0.3) is 11.4 Å². The van der Waals surface area contributed by atoms with Crippen molar-refractivity contribution < 1.29 is 26.7 Å². The summed E-state index contributed by atoms with van der Waals surface area (Å²) >= 11 is 0. The standard InChI is InChI=1S/C12H13N3O2.C10H8N2.Fe/c16-9-7-8(13-1-2-13)12(17)11(15-5-6-15)10(9)14-3-4-14;1-3-7-11-9(5-1)10-6-2-4-8-12-10;/h7H,1-6H2;1-8H;. The third kappa shape index (κ3) is 4.30. The van der Waals surface area contributed by atoms with Crippen LogP contribution in [0.5, 0.6) is 0 Å². The Kier molecular flexibility index (Phi) is 5.70. The van der Waals surface area contributed by atoms with Crippen molar-refractivity contribution in [2.45, 2.75) is 0 Å². The molecular weight excluding hydrogens is 422 g/mol. The van der Waals surface area contributed by atoms with Crippen molar-refractivity contribution in [2.75, 3.05) is 39.3 Å². The summed E-state index contributed by atoms with van der Waals surface area (Å²) in [6, 6.07) is 11.6. The fourth-order valence-corrected chi connectivity index (χ4v) is 3.30. The molecule has 154 valence electrons. The minimum Gasteiger partial charge on any atom is -0.365 e. The van der Waals surface area contributed by atoms with Gasteiger partial charge in [-0.15, -0.1) is 0 Å². The van der Waals surface area contributed by atoms with E-state index in [9.17, 15) is 9.59 Å². The number of ketones is 2. The Bertz CT molecular complexity index is 973. The van der Waals surface area contributed by atoms with Crippen LogP contribution < -0.4 is 0 Å². The number of hydrogen-bond donors (Lipinski definition) is 0. The van der Waals surface area contributed by atoms with E-state index in [1.807, 2.05) is 51.1 Å². The van der Waals surface area contributed by atoms with Crippen LogP contribution in [-0.4, -0.2) is 75.5 Å². The van der Waals surface area contributed by atoms with Crippen LogP contribution in [0.15, 0.2) is 72.0 Å². The molecule has 6 rings (SSSR count). The van der Waals surface area contributed by atoms with Gasteiger partial charge in [0.15, 0.2) is 0 Å². The molecule has 0 radical (unpaired) electrons. The van der Waals surface area contributed by atoms with E-state index in [2.05, 4.69) is 9.97 Å². The van der Waals surface area contributed by atoms with E-state index in [0.717, 1.165) is 50.7 Å². The summed E-state index contributed by atoms with van der Waals surface area (Å²) < 4.78 is 0. The molecule has 0 unspecified atom stereocenters. The third-order valence-electron chi connectivity index (χ3n) is 5.08. The van der Waals surface area contributed by atoms with Gasteiger partial charge in [-0.2, -0.15) is 0 Å². The quantitative estimate of drug-likeness (QED) is 0.401. The molecule has 0 spiro atoms. The number of rotatable bonds is 4. The second kappa shape index (κ2) is 8.42. The molecule has 8 heteroatoms. The van der Waals surface area contributed by atoms with Gasteiger partial charge in [-0.3, -0.25) is 19.6 Å². The van der Waals surface area contributed by atoms with E-state index in [1.165, 1.54) is 6.08 Å². The van der Waals surface area contributed by atoms with Crippen molar-refractivity contribution >= 4 is 11.6 Å². The van der Waals surface area contributed by atoms with Gasteiger partial charge in [-0.1, -0.05) is 12.1 Å². The molecule has 4 aliphatic rings. The molecule has 2 aromatic rings. The van der Waals surface area contributed by atoms with Gasteiger partial charge in [0.05, 0.1) is 17.1 Å². The largest absolute Gasteiger partial charge is 0.365 e. The molecule has 2 aromatic heterocycles. The summed E-state index contributed by atoms with van der Waals surface area (Å²) in [6.07, 6.45) is 5.06. The number of Topliss-reactive ketones (excluding diaryl/α,β-unsaturated/α-hetero) is 1. The predicted molar refractivity (Wildman–Crippen MR) is 107 cm³/mol. The normalized spacial score (nSPS) is 18.9. The van der Waals surface area contributed by atoms with Crippen molar-refractivity contribution in [3.8, 4) is 11.4 Å². The summed E-state index contributed by atoms with van der Waals surface area (Å²) in [5.41, 5.74) is 3.72. The van der Waals surface area contributed by atoms with Gasteiger partial charge in [0, 0.05) is 74.8 Å². The molecular formula is C22H21FeN5O2. The molecule has 1 aliphatic carbocycles. The van der Waals surface area contributed by atoms with Crippen molar-refractivity contribution in [3.63, 3.8) is 0 Å². The van der Waals surface area contributed by atoms with Crippen molar-refractivity contribution in [3.05, 3.63) is 72.0 Å². The Morgan fingerprint density at radius 2 is 1.17 bits per heavy atom. The number of allylic oxidation sites excluding steroid dienone is 1. The van der Waals surface area contributed by atoms with Gasteiger partial charge in [-0.25, -0.2) is 0 Å². The molecule has 0 bridgehead atoms. The molecule has 0 amide bonds. The third-order valence-corrected chi connectivity index (χ3v) is 5.08. The summed E-state index contributed by atoms with van der Waals surface area (Å²) in [6.45, 7) is 5.41. The molecule has 0 atom stereocenters. The van der Waals surface area contributed by atoms with Gasteiger partial charge in [0.25, 0.3) is 0 Å². The van der Waals surface area contributed by atoms with E-state index >= 15 is 0 Å². The molecule has 3 fully saturated rings. The van der Waals surface area contributed by atoms with E-state index in [0.29, 0.717) is 17.1 Å². The topological polar surface area (TPSA) is 68.9 Å². The Hall–Kier alpha value is -2.96. The minimum absolute atomic E-state index is 0. The zero-order valence-corrected chi connectivity index (χ0v) is 17.4. The molecule has 3 saturated heterocycles. The zero-order chi connectivity index (χ0) is 19.8. The minimum atomic E-state index is 0. The summed E-state index contributed by atoms with van der Waals surface area (Å²) in [7, 11) is 0. The fourth-order valence-electron chi connectivity index (χ4n) is 3.30. The first-order valence-electron chi connectivity index (χ1n) is 9.84. The first-order valence-corrected chi connectivity index (χ1v) is 9.84. The predicted octanol–water partition coefficient (Wildman–Crippen LogP) is 1.32. The average Bonchev–Trinajstić information content (AvgIpc) is 3.60. The Balaban J connectivity index is 0.000000149. The van der Waals surface area contributed by atoms with Crippen molar-refractivity contribution in [1.82, 2.24) is 24.7 Å². The van der Waals surface area contributed by atoms with Crippen LogP contribution in [0, 0.1) is 0 Å². The van der Waals surface area contributed by atoms with Gasteiger partial charge < -0.3 is 14.7 Å². The Labute approximate surface area is 185 Å². The maximum atomic E-state index is 12.4. The number of pyridine rings is 2. The fraction of sp³-hybridized carbons (Fsp3) is 0.273. The molecule has 30 heavy (non-hydrogen) atoms. The van der Waals surface area contributed by atoms with Gasteiger partial charge >= 0.3 is 0 Å². The summed E-state index contributed by atoms with van der Waals surface area (Å²) in [5, 5.41) is 0. The first-order chi connectivity index (χ1) is 14.2. The maximum Gasteiger partial charge on any atom is 0.227 e.